The van der Waals surface area contributed by atoms with Gasteiger partial charge in [-0.25, -0.2) is 0 Å². The summed E-state index contributed by atoms with van der Waals surface area (Å²) in [7, 11) is 0. The second-order valence-corrected chi connectivity index (χ2v) is 5.56. The lowest BCUT2D eigenvalue weighted by Gasteiger charge is -2.25. The third-order valence-corrected chi connectivity index (χ3v) is 3.93. The van der Waals surface area contributed by atoms with Gasteiger partial charge in [-0.05, 0) is 25.7 Å². The zero-order valence-electron chi connectivity index (χ0n) is 10.9. The first-order chi connectivity index (χ1) is 9.22. The van der Waals surface area contributed by atoms with Crippen molar-refractivity contribution >= 4 is 5.97 Å². The monoisotopic (exact) mass is 265 g/mol. The Morgan fingerprint density at radius 2 is 2.05 bits per heavy atom. The van der Waals surface area contributed by atoms with Crippen LogP contribution >= 0.6 is 0 Å². The number of hydrogen-bond donors (Lipinski definition) is 1. The van der Waals surface area contributed by atoms with Crippen LogP contribution in [0, 0.1) is 0 Å². The molecule has 0 aromatic carbocycles. The molecule has 2 aliphatic rings. The Balaban J connectivity index is 1.65. The van der Waals surface area contributed by atoms with Gasteiger partial charge < -0.3 is 9.63 Å². The highest BCUT2D eigenvalue weighted by Crippen LogP contribution is 2.38. The zero-order valence-corrected chi connectivity index (χ0v) is 10.9. The van der Waals surface area contributed by atoms with E-state index in [0.29, 0.717) is 24.3 Å². The van der Waals surface area contributed by atoms with Crippen molar-refractivity contribution in [3.8, 4) is 0 Å². The van der Waals surface area contributed by atoms with Gasteiger partial charge in [-0.3, -0.25) is 9.69 Å². The van der Waals surface area contributed by atoms with Gasteiger partial charge in [0, 0.05) is 12.0 Å². The zero-order chi connectivity index (χ0) is 13.2. The highest BCUT2D eigenvalue weighted by molar-refractivity contribution is 5.69. The van der Waals surface area contributed by atoms with Crippen LogP contribution in [0.1, 0.15) is 56.2 Å². The summed E-state index contributed by atoms with van der Waals surface area (Å²) in [6.45, 7) is 0.533. The molecule has 2 aliphatic carbocycles. The van der Waals surface area contributed by atoms with Gasteiger partial charge in [0.15, 0.2) is 5.82 Å². The first kappa shape index (κ1) is 12.6. The molecule has 2 fully saturated rings. The first-order valence-corrected chi connectivity index (χ1v) is 7.00. The topological polar surface area (TPSA) is 79.5 Å². The molecule has 0 saturated heterocycles. The van der Waals surface area contributed by atoms with Crippen LogP contribution in [0.15, 0.2) is 4.52 Å². The van der Waals surface area contributed by atoms with E-state index in [1.807, 2.05) is 4.90 Å². The van der Waals surface area contributed by atoms with Crippen LogP contribution in [0.5, 0.6) is 0 Å². The van der Waals surface area contributed by atoms with Gasteiger partial charge in [0.25, 0.3) is 0 Å². The van der Waals surface area contributed by atoms with Crippen molar-refractivity contribution in [3.05, 3.63) is 11.7 Å². The molecule has 0 radical (unpaired) electrons. The normalized spacial score (nSPS) is 20.3. The maximum atomic E-state index is 11.0. The number of carboxylic acid groups (broad SMARTS) is 1. The molecule has 1 N–H and O–H groups in total. The van der Waals surface area contributed by atoms with E-state index in [2.05, 4.69) is 10.1 Å². The lowest BCUT2D eigenvalue weighted by atomic mass is 10.2. The summed E-state index contributed by atoms with van der Waals surface area (Å²) in [5.41, 5.74) is 0. The summed E-state index contributed by atoms with van der Waals surface area (Å²) >= 11 is 0. The second kappa shape index (κ2) is 5.28. The Kier molecular flexibility index (Phi) is 3.50. The molecule has 0 bridgehead atoms. The lowest BCUT2D eigenvalue weighted by molar-refractivity contribution is -0.139. The second-order valence-electron chi connectivity index (χ2n) is 5.56. The van der Waals surface area contributed by atoms with E-state index in [-0.39, 0.29) is 6.54 Å². The highest BCUT2D eigenvalue weighted by Gasteiger charge is 2.31. The Morgan fingerprint density at radius 1 is 1.32 bits per heavy atom. The number of hydrogen-bond acceptors (Lipinski definition) is 5. The minimum Gasteiger partial charge on any atom is -0.480 e. The van der Waals surface area contributed by atoms with Crippen molar-refractivity contribution < 1.29 is 14.4 Å². The Labute approximate surface area is 111 Å². The summed E-state index contributed by atoms with van der Waals surface area (Å²) in [5.74, 6) is 0.991. The molecule has 0 spiro atoms. The van der Waals surface area contributed by atoms with Gasteiger partial charge in [0.05, 0.1) is 13.1 Å². The van der Waals surface area contributed by atoms with Crippen molar-refractivity contribution in [1.82, 2.24) is 15.0 Å². The third kappa shape index (κ3) is 3.12. The predicted octanol–water partition coefficient (Wildman–Crippen LogP) is 1.78. The molecule has 0 unspecified atom stereocenters. The standard InChI is InChI=1S/C13H19N3O3/c17-12(18)8-16(10-3-1-2-4-10)7-11-14-13(19-15-11)9-5-6-9/h9-10H,1-8H2,(H,17,18). The average molecular weight is 265 g/mol. The number of aliphatic carboxylic acids is 1. The van der Waals surface area contributed by atoms with Crippen molar-refractivity contribution in [2.75, 3.05) is 6.54 Å². The SMILES string of the molecule is O=C(O)CN(Cc1noc(C2CC2)n1)C1CCCC1. The van der Waals surface area contributed by atoms with Crippen LogP contribution in [0.2, 0.25) is 0 Å². The quantitative estimate of drug-likeness (QED) is 0.844. The summed E-state index contributed by atoms with van der Waals surface area (Å²) < 4.78 is 5.22. The molecule has 104 valence electrons. The van der Waals surface area contributed by atoms with E-state index in [0.717, 1.165) is 31.6 Å². The molecule has 0 atom stereocenters. The number of carbonyl (C=O) groups is 1. The van der Waals surface area contributed by atoms with E-state index in [4.69, 9.17) is 9.63 Å². The fourth-order valence-corrected chi connectivity index (χ4v) is 2.77. The average Bonchev–Trinajstić information content (AvgIpc) is 2.91. The fraction of sp³-hybridized carbons (Fsp3) is 0.769. The summed E-state index contributed by atoms with van der Waals surface area (Å²) in [4.78, 5) is 17.3. The molecule has 19 heavy (non-hydrogen) atoms. The summed E-state index contributed by atoms with van der Waals surface area (Å²) in [6.07, 6.45) is 6.76. The molecule has 6 heteroatoms. The number of nitrogens with zero attached hydrogens (tertiary/aromatic N) is 3. The van der Waals surface area contributed by atoms with Crippen LogP contribution in [0.4, 0.5) is 0 Å². The third-order valence-electron chi connectivity index (χ3n) is 3.93. The molecule has 3 rings (SSSR count). The summed E-state index contributed by atoms with van der Waals surface area (Å²) in [6, 6.07) is 0.346. The Morgan fingerprint density at radius 3 is 2.68 bits per heavy atom. The highest BCUT2D eigenvalue weighted by atomic mass is 16.5. The van der Waals surface area contributed by atoms with E-state index < -0.39 is 5.97 Å². The van der Waals surface area contributed by atoms with Gasteiger partial charge >= 0.3 is 5.97 Å². The molecule has 2 saturated carbocycles. The van der Waals surface area contributed by atoms with Crippen molar-refractivity contribution in [3.63, 3.8) is 0 Å². The molecular weight excluding hydrogens is 246 g/mol. The van der Waals surface area contributed by atoms with Gasteiger partial charge in [0.1, 0.15) is 0 Å². The predicted molar refractivity (Wildman–Crippen MR) is 66.6 cm³/mol. The molecular formula is C13H19N3O3. The van der Waals surface area contributed by atoms with Crippen LogP contribution in [0.3, 0.4) is 0 Å². The molecule has 6 nitrogen and oxygen atoms in total. The fourth-order valence-electron chi connectivity index (χ4n) is 2.77. The first-order valence-electron chi connectivity index (χ1n) is 7.00. The molecule has 1 aromatic heterocycles. The van der Waals surface area contributed by atoms with Gasteiger partial charge in [-0.2, -0.15) is 4.98 Å². The Bertz CT molecular complexity index is 450. The van der Waals surface area contributed by atoms with E-state index in [9.17, 15) is 4.79 Å². The minimum atomic E-state index is -0.794. The van der Waals surface area contributed by atoms with Crippen LogP contribution < -0.4 is 0 Å². The molecule has 1 heterocycles. The number of rotatable bonds is 6. The van der Waals surface area contributed by atoms with Crippen LogP contribution in [-0.4, -0.2) is 38.7 Å². The molecule has 0 amide bonds. The van der Waals surface area contributed by atoms with Gasteiger partial charge in [-0.1, -0.05) is 18.0 Å². The smallest absolute Gasteiger partial charge is 0.317 e. The summed E-state index contributed by atoms with van der Waals surface area (Å²) in [5, 5.41) is 13.0. The molecule has 0 aliphatic heterocycles. The van der Waals surface area contributed by atoms with Crippen LogP contribution in [-0.2, 0) is 11.3 Å². The van der Waals surface area contributed by atoms with E-state index in [1.165, 1.54) is 12.8 Å². The maximum Gasteiger partial charge on any atom is 0.317 e. The largest absolute Gasteiger partial charge is 0.480 e. The van der Waals surface area contributed by atoms with E-state index >= 15 is 0 Å². The van der Waals surface area contributed by atoms with Gasteiger partial charge in [-0.15, -0.1) is 0 Å². The minimum absolute atomic E-state index is 0.0535. The maximum absolute atomic E-state index is 11.0. The van der Waals surface area contributed by atoms with Crippen LogP contribution in [0.25, 0.3) is 0 Å². The number of carboxylic acids is 1. The van der Waals surface area contributed by atoms with Crippen molar-refractivity contribution in [2.24, 2.45) is 0 Å². The van der Waals surface area contributed by atoms with E-state index in [1.54, 1.807) is 0 Å². The lowest BCUT2D eigenvalue weighted by Crippen LogP contribution is -2.37. The van der Waals surface area contributed by atoms with Gasteiger partial charge in [0.2, 0.25) is 5.89 Å². The number of aromatic nitrogens is 2. The Hall–Kier alpha value is -1.43. The molecule has 1 aromatic rings. The van der Waals surface area contributed by atoms with Crippen molar-refractivity contribution in [1.29, 1.82) is 0 Å². The van der Waals surface area contributed by atoms with Crippen molar-refractivity contribution in [2.45, 2.75) is 57.0 Å².